The summed E-state index contributed by atoms with van der Waals surface area (Å²) in [7, 11) is 0. The summed E-state index contributed by atoms with van der Waals surface area (Å²) in [5.74, 6) is 0. The van der Waals surface area contributed by atoms with E-state index in [1.807, 2.05) is 30.6 Å². The maximum atomic E-state index is 4.72. The molecule has 15 aromatic carbocycles. The van der Waals surface area contributed by atoms with Gasteiger partial charge in [-0.05, 0) is 179 Å². The average molecular weight is 1460 g/mol. The van der Waals surface area contributed by atoms with Gasteiger partial charge in [-0.25, -0.2) is 9.97 Å². The Morgan fingerprint density at radius 2 is 0.500 bits per heavy atom. The molecule has 0 bridgehead atoms. The number of para-hydroxylation sites is 7. The van der Waals surface area contributed by atoms with E-state index in [4.69, 9.17) is 9.97 Å². The van der Waals surface area contributed by atoms with E-state index in [-0.39, 0.29) is 0 Å². The largest absolute Gasteiger partial charge is 0.309 e. The fourth-order valence-corrected chi connectivity index (χ4v) is 17.2. The third kappa shape index (κ3) is 11.6. The van der Waals surface area contributed by atoms with E-state index in [9.17, 15) is 0 Å². The number of fused-ring (bicyclic) bond motifs is 12. The van der Waals surface area contributed by atoms with Crippen molar-refractivity contribution in [3.8, 4) is 90.0 Å². The molecule has 0 unspecified atom stereocenters. The van der Waals surface area contributed by atoms with Crippen molar-refractivity contribution in [3.05, 3.63) is 437 Å². The van der Waals surface area contributed by atoms with Crippen LogP contribution in [0.3, 0.4) is 0 Å². The van der Waals surface area contributed by atoms with Crippen LogP contribution in [-0.4, -0.2) is 37.4 Å². The van der Waals surface area contributed by atoms with Crippen LogP contribution in [0.25, 0.3) is 188 Å². The molecule has 0 radical (unpaired) electrons. The summed E-state index contributed by atoms with van der Waals surface area (Å²) in [6.45, 7) is 0. The van der Waals surface area contributed by atoms with Gasteiger partial charge in [0.1, 0.15) is 11.3 Å². The molecule has 23 rings (SSSR count). The molecule has 8 nitrogen and oxygen atoms in total. The van der Waals surface area contributed by atoms with E-state index in [0.29, 0.717) is 0 Å². The van der Waals surface area contributed by atoms with Gasteiger partial charge in [0, 0.05) is 112 Å². The van der Waals surface area contributed by atoms with Crippen LogP contribution in [0.5, 0.6) is 0 Å². The Morgan fingerprint density at radius 1 is 0.193 bits per heavy atom. The number of nitrogens with zero attached hydrogens (tertiary/aromatic N) is 8. The van der Waals surface area contributed by atoms with Gasteiger partial charge < -0.3 is 22.8 Å². The first kappa shape index (κ1) is 66.8. The highest BCUT2D eigenvalue weighted by atomic mass is 15.1. The molecular formula is C106H72N8. The van der Waals surface area contributed by atoms with Crippen LogP contribution in [0.15, 0.2) is 437 Å². The van der Waals surface area contributed by atoms with E-state index in [1.165, 1.54) is 127 Å². The monoisotopic (exact) mass is 1460 g/mol. The first-order valence-electron chi connectivity index (χ1n) is 38.8. The zero-order valence-electron chi connectivity index (χ0n) is 62.1. The summed E-state index contributed by atoms with van der Waals surface area (Å²) >= 11 is 0. The van der Waals surface area contributed by atoms with Crippen LogP contribution in [0, 0.1) is 0 Å². The summed E-state index contributed by atoms with van der Waals surface area (Å²) < 4.78 is 13.9. The van der Waals surface area contributed by atoms with E-state index in [0.717, 1.165) is 61.9 Å². The molecule has 0 fully saturated rings. The van der Waals surface area contributed by atoms with Crippen molar-refractivity contribution >= 4 is 98.4 Å². The molecule has 536 valence electrons. The molecule has 0 amide bonds. The van der Waals surface area contributed by atoms with E-state index in [2.05, 4.69) is 434 Å². The lowest BCUT2D eigenvalue weighted by Crippen LogP contribution is -1.99. The van der Waals surface area contributed by atoms with Crippen LogP contribution in [0.2, 0.25) is 0 Å². The maximum absolute atomic E-state index is 4.72. The van der Waals surface area contributed by atoms with Gasteiger partial charge in [0.05, 0.1) is 50.0 Å². The topological polar surface area (TPSA) is 55.4 Å². The summed E-state index contributed by atoms with van der Waals surface area (Å²) in [5, 5.41) is 11.2. The van der Waals surface area contributed by atoms with E-state index in [1.54, 1.807) is 0 Å². The van der Waals surface area contributed by atoms with E-state index >= 15 is 0 Å². The number of hydrogen-bond donors (Lipinski definition) is 0. The molecule has 8 heterocycles. The summed E-state index contributed by atoms with van der Waals surface area (Å²) in [6.07, 6.45) is 5.92. The summed E-state index contributed by atoms with van der Waals surface area (Å²) in [4.78, 5) is 9.43. The van der Waals surface area contributed by atoms with Gasteiger partial charge in [-0.3, -0.25) is 4.57 Å². The summed E-state index contributed by atoms with van der Waals surface area (Å²) in [6, 6.07) is 149. The molecule has 0 atom stereocenters. The molecule has 0 spiro atoms. The fourth-order valence-electron chi connectivity index (χ4n) is 17.2. The Hall–Kier alpha value is -15.4. The zero-order chi connectivity index (χ0) is 75.4. The third-order valence-corrected chi connectivity index (χ3v) is 22.3. The molecule has 0 N–H and O–H groups in total. The smallest absolute Gasteiger partial charge is 0.145 e. The molecule has 0 aliphatic carbocycles. The highest BCUT2D eigenvalue weighted by Crippen LogP contribution is 2.45. The second kappa shape index (κ2) is 28.6. The first-order chi connectivity index (χ1) is 56.6. The lowest BCUT2D eigenvalue weighted by molar-refractivity contribution is 1.08. The van der Waals surface area contributed by atoms with Crippen molar-refractivity contribution in [3.63, 3.8) is 0 Å². The minimum Gasteiger partial charge on any atom is -0.309 e. The number of hydrogen-bond acceptors (Lipinski definition) is 2. The lowest BCUT2D eigenvalue weighted by atomic mass is 9.97. The first-order valence-corrected chi connectivity index (χ1v) is 38.8. The Bertz CT molecular complexity index is 7310. The number of aromatic nitrogens is 8. The Labute approximate surface area is 658 Å². The molecular weight excluding hydrogens is 1390 g/mol. The minimum atomic E-state index is 0.964. The second-order valence-corrected chi connectivity index (χ2v) is 28.8. The van der Waals surface area contributed by atoms with Gasteiger partial charge in [-0.2, -0.15) is 0 Å². The van der Waals surface area contributed by atoms with Crippen molar-refractivity contribution < 1.29 is 0 Å². The van der Waals surface area contributed by atoms with Crippen molar-refractivity contribution in [2.24, 2.45) is 0 Å². The fraction of sp³-hybridized carbons (Fsp3) is 0. The van der Waals surface area contributed by atoms with Crippen molar-refractivity contribution in [2.45, 2.75) is 0 Å². The quantitative estimate of drug-likeness (QED) is 0.130. The highest BCUT2D eigenvalue weighted by Gasteiger charge is 2.24. The Morgan fingerprint density at radius 3 is 0.939 bits per heavy atom. The minimum absolute atomic E-state index is 0.964. The van der Waals surface area contributed by atoms with Gasteiger partial charge in [0.2, 0.25) is 0 Å². The van der Waals surface area contributed by atoms with Gasteiger partial charge in [-0.15, -0.1) is 0 Å². The normalized spacial score (nSPS) is 11.5. The molecule has 0 saturated heterocycles. The molecule has 114 heavy (non-hydrogen) atoms. The van der Waals surface area contributed by atoms with Crippen molar-refractivity contribution in [1.82, 2.24) is 37.4 Å². The third-order valence-electron chi connectivity index (χ3n) is 22.3. The molecule has 8 heteroatoms. The Kier molecular flexibility index (Phi) is 16.7. The predicted molar refractivity (Wildman–Crippen MR) is 476 cm³/mol. The number of benzene rings is 15. The maximum Gasteiger partial charge on any atom is 0.145 e. The van der Waals surface area contributed by atoms with E-state index < -0.39 is 0 Å². The van der Waals surface area contributed by atoms with Gasteiger partial charge >= 0.3 is 0 Å². The van der Waals surface area contributed by atoms with Crippen molar-refractivity contribution in [2.75, 3.05) is 0 Å². The van der Waals surface area contributed by atoms with Gasteiger partial charge in [0.15, 0.2) is 0 Å². The Balaban J connectivity index is 0.000000109. The number of rotatable bonds is 11. The SMILES string of the molecule is c1ccc(-c2cc3cccnc3n2-c2ccc(-n3c4ccccc4c4ccccc43)cc2)cc1.c1ccc(-c2ccc(-c3c(-c4ccccc4)c4ccccc4n3-c3ccc(-n4c5ccccc5c5ccccc54)cc3)cc2)cc1.c1ccc(-c2cn(-c3ccc(-n4c5ccccc5c5ccccc54)cc3)c3ncccc23)cc1. The highest BCUT2D eigenvalue weighted by molar-refractivity contribution is 6.12. The predicted octanol–water partition coefficient (Wildman–Crippen LogP) is 27.3. The molecule has 23 aromatic rings. The van der Waals surface area contributed by atoms with Crippen molar-refractivity contribution in [1.29, 1.82) is 0 Å². The van der Waals surface area contributed by atoms with Crippen LogP contribution in [-0.2, 0) is 0 Å². The second-order valence-electron chi connectivity index (χ2n) is 28.8. The molecule has 8 aromatic heterocycles. The van der Waals surface area contributed by atoms with Gasteiger partial charge in [0.25, 0.3) is 0 Å². The molecule has 0 aliphatic rings. The molecule has 0 aliphatic heterocycles. The van der Waals surface area contributed by atoms with Crippen LogP contribution < -0.4 is 0 Å². The lowest BCUT2D eigenvalue weighted by Gasteiger charge is -2.15. The average Bonchev–Trinajstić information content (AvgIpc) is 1.58. The van der Waals surface area contributed by atoms with Gasteiger partial charge in [-0.1, -0.05) is 273 Å². The summed E-state index contributed by atoms with van der Waals surface area (Å²) in [5.41, 5.74) is 29.1. The van der Waals surface area contributed by atoms with Crippen LogP contribution in [0.4, 0.5) is 0 Å². The molecule has 0 saturated carbocycles. The standard InChI is InChI=1S/C44H30N2.2C31H21N3/c1-3-13-31(14-4-1)32-23-25-34(26-24-32)44-43(33-15-5-2-6-16-33)39-19-9-12-22-42(39)46(44)36-29-27-35(28-30-36)45-40-20-10-7-17-37(40)38-18-8-11-21-41(38)45;1-2-9-22(10-3-1)30-21-23-11-8-20-32-31(23)34(30)25-18-16-24(17-19-25)33-28-14-6-4-12-26(28)27-13-5-7-15-29(27)33;1-2-9-22(10-3-1)28-21-33(31-27(28)13-8-20-32-31)23-16-18-24(19-17-23)34-29-14-6-4-11-25(29)26-12-5-7-15-30(26)34/h1-30H;2*1-21H. The van der Waals surface area contributed by atoms with Crippen LogP contribution >= 0.6 is 0 Å². The zero-order valence-corrected chi connectivity index (χ0v) is 62.1. The number of pyridine rings is 2. The van der Waals surface area contributed by atoms with Crippen LogP contribution in [0.1, 0.15) is 0 Å².